The fraction of sp³-hybridized carbons (Fsp3) is 0.538. The summed E-state index contributed by atoms with van der Waals surface area (Å²) in [5, 5.41) is 14.3. The molecule has 1 saturated heterocycles. The average Bonchev–Trinajstić information content (AvgIpc) is 2.38. The number of benzene rings is 1. The summed E-state index contributed by atoms with van der Waals surface area (Å²) >= 11 is 0. The molecule has 104 valence electrons. The van der Waals surface area contributed by atoms with Gasteiger partial charge in [-0.3, -0.25) is 10.1 Å². The molecule has 1 fully saturated rings. The Kier molecular flexibility index (Phi) is 4.21. The molecule has 1 aliphatic rings. The van der Waals surface area contributed by atoms with E-state index in [0.717, 1.165) is 25.3 Å². The lowest BCUT2D eigenvalue weighted by atomic mass is 10.2. The van der Waals surface area contributed by atoms with Crippen molar-refractivity contribution in [3.05, 3.63) is 28.3 Å². The number of piperazine rings is 1. The van der Waals surface area contributed by atoms with Crippen molar-refractivity contribution >= 4 is 11.4 Å². The lowest BCUT2D eigenvalue weighted by Gasteiger charge is -2.33. The molecule has 1 N–H and O–H groups in total. The molecule has 6 heteroatoms. The Labute approximate surface area is 112 Å². The second-order valence-corrected chi connectivity index (χ2v) is 4.68. The number of nitrogens with one attached hydrogen (secondary N) is 1. The summed E-state index contributed by atoms with van der Waals surface area (Å²) in [5.41, 5.74) is 0.929. The number of hydrogen-bond donors (Lipinski definition) is 1. The summed E-state index contributed by atoms with van der Waals surface area (Å²) in [6, 6.07) is 5.33. The predicted molar refractivity (Wildman–Crippen MR) is 73.9 cm³/mol. The van der Waals surface area contributed by atoms with Crippen LogP contribution < -0.4 is 15.0 Å². The highest BCUT2D eigenvalue weighted by Gasteiger charge is 2.19. The van der Waals surface area contributed by atoms with Gasteiger partial charge in [-0.2, -0.15) is 0 Å². The molecular formula is C13H19N3O3. The van der Waals surface area contributed by atoms with E-state index in [2.05, 4.69) is 17.1 Å². The first-order valence-corrected chi connectivity index (χ1v) is 6.50. The van der Waals surface area contributed by atoms with Gasteiger partial charge >= 0.3 is 0 Å². The number of hydrogen-bond acceptors (Lipinski definition) is 5. The number of non-ortho nitro benzene ring substituents is 1. The highest BCUT2D eigenvalue weighted by molar-refractivity contribution is 5.58. The standard InChI is InChI=1S/C13H19N3O3/c1-3-19-13-7-11(6-12(8-13)16(17)18)15-5-4-14-10(2)9-15/h6-8,10,14H,3-5,9H2,1-2H3. The fourth-order valence-corrected chi connectivity index (χ4v) is 2.27. The second-order valence-electron chi connectivity index (χ2n) is 4.68. The van der Waals surface area contributed by atoms with Crippen LogP contribution in [0.2, 0.25) is 0 Å². The largest absolute Gasteiger partial charge is 0.494 e. The van der Waals surface area contributed by atoms with E-state index in [9.17, 15) is 10.1 Å². The molecule has 0 amide bonds. The topological polar surface area (TPSA) is 67.6 Å². The fourth-order valence-electron chi connectivity index (χ4n) is 2.27. The number of nitro groups is 1. The normalized spacial score (nSPS) is 19.3. The minimum atomic E-state index is -0.377. The smallest absolute Gasteiger partial charge is 0.275 e. The Bertz CT molecular complexity index is 464. The maximum Gasteiger partial charge on any atom is 0.275 e. The van der Waals surface area contributed by atoms with Gasteiger partial charge in [0, 0.05) is 43.5 Å². The van der Waals surface area contributed by atoms with Crippen LogP contribution in [0.5, 0.6) is 5.75 Å². The number of rotatable bonds is 4. The van der Waals surface area contributed by atoms with Crippen LogP contribution in [0, 0.1) is 10.1 Å². The average molecular weight is 265 g/mol. The molecule has 0 radical (unpaired) electrons. The monoisotopic (exact) mass is 265 g/mol. The molecule has 2 rings (SSSR count). The van der Waals surface area contributed by atoms with E-state index in [1.807, 2.05) is 13.0 Å². The number of ether oxygens (including phenoxy) is 1. The van der Waals surface area contributed by atoms with E-state index in [4.69, 9.17) is 4.74 Å². The van der Waals surface area contributed by atoms with Crippen LogP contribution in [-0.4, -0.2) is 37.2 Å². The van der Waals surface area contributed by atoms with Crippen molar-refractivity contribution in [3.63, 3.8) is 0 Å². The molecule has 1 aliphatic heterocycles. The van der Waals surface area contributed by atoms with Crippen LogP contribution in [0.15, 0.2) is 18.2 Å². The highest BCUT2D eigenvalue weighted by Crippen LogP contribution is 2.29. The minimum absolute atomic E-state index is 0.0761. The van der Waals surface area contributed by atoms with Crippen molar-refractivity contribution in [1.82, 2.24) is 5.32 Å². The van der Waals surface area contributed by atoms with E-state index in [0.29, 0.717) is 18.4 Å². The zero-order valence-corrected chi connectivity index (χ0v) is 11.3. The molecule has 1 atom stereocenters. The van der Waals surface area contributed by atoms with Gasteiger partial charge < -0.3 is 15.0 Å². The maximum absolute atomic E-state index is 11.0. The van der Waals surface area contributed by atoms with Crippen molar-refractivity contribution in [1.29, 1.82) is 0 Å². The van der Waals surface area contributed by atoms with Gasteiger partial charge in [-0.1, -0.05) is 0 Å². The van der Waals surface area contributed by atoms with Crippen LogP contribution in [0.25, 0.3) is 0 Å². The van der Waals surface area contributed by atoms with E-state index < -0.39 is 0 Å². The first-order chi connectivity index (χ1) is 9.10. The zero-order valence-electron chi connectivity index (χ0n) is 11.3. The second kappa shape index (κ2) is 5.88. The van der Waals surface area contributed by atoms with Gasteiger partial charge in [0.25, 0.3) is 5.69 Å². The SMILES string of the molecule is CCOc1cc(N2CCNC(C)C2)cc([N+](=O)[O-])c1. The molecule has 0 spiro atoms. The number of nitrogens with zero attached hydrogens (tertiary/aromatic N) is 2. The molecule has 0 bridgehead atoms. The van der Waals surface area contributed by atoms with Gasteiger partial charge in [0.2, 0.25) is 0 Å². The van der Waals surface area contributed by atoms with Gasteiger partial charge in [0.15, 0.2) is 0 Å². The van der Waals surface area contributed by atoms with Gasteiger partial charge in [-0.25, -0.2) is 0 Å². The quantitative estimate of drug-likeness (QED) is 0.664. The van der Waals surface area contributed by atoms with Crippen LogP contribution in [0.4, 0.5) is 11.4 Å². The Hall–Kier alpha value is -1.82. The zero-order chi connectivity index (χ0) is 13.8. The molecule has 0 aliphatic carbocycles. The van der Waals surface area contributed by atoms with Crippen LogP contribution in [0.3, 0.4) is 0 Å². The molecule has 6 nitrogen and oxygen atoms in total. The van der Waals surface area contributed by atoms with Crippen LogP contribution in [0.1, 0.15) is 13.8 Å². The maximum atomic E-state index is 11.0. The summed E-state index contributed by atoms with van der Waals surface area (Å²) in [4.78, 5) is 12.7. The Morgan fingerprint density at radius 2 is 2.32 bits per heavy atom. The molecular weight excluding hydrogens is 246 g/mol. The van der Waals surface area contributed by atoms with Crippen molar-refractivity contribution in [2.45, 2.75) is 19.9 Å². The molecule has 1 aromatic rings. The molecule has 1 heterocycles. The van der Waals surface area contributed by atoms with E-state index >= 15 is 0 Å². The molecule has 1 aromatic carbocycles. The third-order valence-corrected chi connectivity index (χ3v) is 3.13. The third-order valence-electron chi connectivity index (χ3n) is 3.13. The van der Waals surface area contributed by atoms with E-state index in [-0.39, 0.29) is 10.6 Å². The summed E-state index contributed by atoms with van der Waals surface area (Å²) in [7, 11) is 0. The summed E-state index contributed by atoms with van der Waals surface area (Å²) in [5.74, 6) is 0.554. The van der Waals surface area contributed by atoms with Crippen molar-refractivity contribution in [3.8, 4) is 5.75 Å². The van der Waals surface area contributed by atoms with E-state index in [1.54, 1.807) is 6.07 Å². The van der Waals surface area contributed by atoms with Gasteiger partial charge in [0.1, 0.15) is 5.75 Å². The molecule has 1 unspecified atom stereocenters. The van der Waals surface area contributed by atoms with Crippen LogP contribution >= 0.6 is 0 Å². The Balaban J connectivity index is 2.29. The van der Waals surface area contributed by atoms with Crippen molar-refractivity contribution < 1.29 is 9.66 Å². The van der Waals surface area contributed by atoms with E-state index in [1.165, 1.54) is 6.07 Å². The summed E-state index contributed by atoms with van der Waals surface area (Å²) in [6.45, 7) is 7.04. The van der Waals surface area contributed by atoms with Crippen molar-refractivity contribution in [2.75, 3.05) is 31.1 Å². The summed E-state index contributed by atoms with van der Waals surface area (Å²) in [6.07, 6.45) is 0. The van der Waals surface area contributed by atoms with Crippen molar-refractivity contribution in [2.24, 2.45) is 0 Å². The predicted octanol–water partition coefficient (Wildman–Crippen LogP) is 1.79. The van der Waals surface area contributed by atoms with Gasteiger partial charge in [-0.05, 0) is 13.8 Å². The first kappa shape index (κ1) is 13.6. The lowest BCUT2D eigenvalue weighted by molar-refractivity contribution is -0.384. The Morgan fingerprint density at radius 1 is 1.53 bits per heavy atom. The number of anilines is 1. The molecule has 0 aromatic heterocycles. The number of nitro benzene ring substituents is 1. The third kappa shape index (κ3) is 3.35. The molecule has 0 saturated carbocycles. The highest BCUT2D eigenvalue weighted by atomic mass is 16.6. The van der Waals surface area contributed by atoms with Crippen LogP contribution in [-0.2, 0) is 0 Å². The first-order valence-electron chi connectivity index (χ1n) is 6.50. The molecule has 19 heavy (non-hydrogen) atoms. The minimum Gasteiger partial charge on any atom is -0.494 e. The van der Waals surface area contributed by atoms with Gasteiger partial charge in [-0.15, -0.1) is 0 Å². The van der Waals surface area contributed by atoms with Gasteiger partial charge in [0.05, 0.1) is 17.6 Å². The lowest BCUT2D eigenvalue weighted by Crippen LogP contribution is -2.49. The summed E-state index contributed by atoms with van der Waals surface area (Å²) < 4.78 is 5.41. The Morgan fingerprint density at radius 3 is 2.95 bits per heavy atom.